The van der Waals surface area contributed by atoms with Gasteiger partial charge in [0.25, 0.3) is 0 Å². The van der Waals surface area contributed by atoms with Crippen LogP contribution >= 0.6 is 0 Å². The van der Waals surface area contributed by atoms with Gasteiger partial charge in [-0.25, -0.2) is 0 Å². The molecule has 0 radical (unpaired) electrons. The van der Waals surface area contributed by atoms with Crippen LogP contribution in [0.4, 0.5) is 0 Å². The van der Waals surface area contributed by atoms with Gasteiger partial charge in [0, 0.05) is 19.3 Å². The molecule has 0 aliphatic heterocycles. The van der Waals surface area contributed by atoms with Crippen LogP contribution in [0.1, 0.15) is 329 Å². The molecule has 0 heterocycles. The first-order chi connectivity index (χ1) is 36.0. The van der Waals surface area contributed by atoms with E-state index in [9.17, 15) is 14.4 Å². The Bertz CT molecular complexity index is 1310. The SMILES string of the molecule is CC/C=C\C/C=C\C/C=C\CCCCCCCC(=O)OCC(COC(=O)CCCCCCCCCCCCC/C=C\CCCCCCCCCC)OC(=O)CCCCCCCCC/C=C\CCCCCCCC. The fourth-order valence-corrected chi connectivity index (χ4v) is 9.21. The second-order valence-electron chi connectivity index (χ2n) is 21.3. The Morgan fingerprint density at radius 2 is 0.534 bits per heavy atom. The Morgan fingerprint density at radius 3 is 0.849 bits per heavy atom. The Hall–Kier alpha value is -2.89. The monoisotopic (exact) mass is 1020 g/mol. The zero-order valence-electron chi connectivity index (χ0n) is 48.7. The van der Waals surface area contributed by atoms with Crippen molar-refractivity contribution in [3.8, 4) is 0 Å². The summed E-state index contributed by atoms with van der Waals surface area (Å²) in [6, 6.07) is 0. The average molecular weight is 1020 g/mol. The number of ether oxygens (including phenoxy) is 3. The van der Waals surface area contributed by atoms with Crippen LogP contribution in [-0.2, 0) is 28.6 Å². The predicted molar refractivity (Wildman–Crippen MR) is 316 cm³/mol. The smallest absolute Gasteiger partial charge is 0.306 e. The average Bonchev–Trinajstić information content (AvgIpc) is 3.39. The molecule has 0 fully saturated rings. The van der Waals surface area contributed by atoms with Gasteiger partial charge in [-0.15, -0.1) is 0 Å². The molecule has 1 atom stereocenters. The summed E-state index contributed by atoms with van der Waals surface area (Å²) in [6.07, 6.45) is 78.0. The highest BCUT2D eigenvalue weighted by molar-refractivity contribution is 5.71. The maximum Gasteiger partial charge on any atom is 0.306 e. The standard InChI is InChI=1S/C67H120O6/c1-4-7-10-13-16-19-22-25-28-30-31-32-33-34-35-37-39-42-45-48-51-54-57-60-66(69)72-63-64(62-71-65(68)59-56-53-50-47-44-41-38-27-24-21-18-15-12-9-6-3)73-67(70)61-58-55-52-49-46-43-40-36-29-26-23-20-17-14-11-8-5-2/h9,12,18,21,26-27,29-31,38,64H,4-8,10-11,13-17,19-20,22-25,28,32-37,39-63H2,1-3H3/b12-9-,21-18-,29-26-,31-30-,38-27-. The van der Waals surface area contributed by atoms with Crippen molar-refractivity contribution in [2.24, 2.45) is 0 Å². The zero-order chi connectivity index (χ0) is 52.9. The van der Waals surface area contributed by atoms with Crippen LogP contribution in [0.15, 0.2) is 60.8 Å². The van der Waals surface area contributed by atoms with Crippen LogP contribution in [0, 0.1) is 0 Å². The van der Waals surface area contributed by atoms with E-state index in [2.05, 4.69) is 81.5 Å². The van der Waals surface area contributed by atoms with Crippen molar-refractivity contribution in [3.63, 3.8) is 0 Å². The Morgan fingerprint density at radius 1 is 0.288 bits per heavy atom. The normalized spacial score (nSPS) is 12.4. The summed E-state index contributed by atoms with van der Waals surface area (Å²) in [6.45, 7) is 6.55. The van der Waals surface area contributed by atoms with Crippen LogP contribution in [0.5, 0.6) is 0 Å². The number of esters is 3. The van der Waals surface area contributed by atoms with E-state index in [1.807, 2.05) is 0 Å². The van der Waals surface area contributed by atoms with Crippen molar-refractivity contribution in [1.29, 1.82) is 0 Å². The molecular weight excluding hydrogens is 901 g/mol. The number of carbonyl (C=O) groups is 3. The van der Waals surface area contributed by atoms with Gasteiger partial charge < -0.3 is 14.2 Å². The van der Waals surface area contributed by atoms with E-state index in [0.717, 1.165) is 96.3 Å². The highest BCUT2D eigenvalue weighted by Crippen LogP contribution is 2.16. The second-order valence-corrected chi connectivity index (χ2v) is 21.3. The molecule has 0 saturated heterocycles. The van der Waals surface area contributed by atoms with E-state index in [-0.39, 0.29) is 31.1 Å². The molecule has 0 spiro atoms. The van der Waals surface area contributed by atoms with E-state index in [4.69, 9.17) is 14.2 Å². The van der Waals surface area contributed by atoms with E-state index < -0.39 is 6.10 Å². The van der Waals surface area contributed by atoms with Crippen molar-refractivity contribution in [2.75, 3.05) is 13.2 Å². The van der Waals surface area contributed by atoms with Crippen molar-refractivity contribution in [1.82, 2.24) is 0 Å². The molecule has 0 bridgehead atoms. The lowest BCUT2D eigenvalue weighted by Crippen LogP contribution is -2.30. The summed E-state index contributed by atoms with van der Waals surface area (Å²) in [5.41, 5.74) is 0. The van der Waals surface area contributed by atoms with Crippen LogP contribution in [0.25, 0.3) is 0 Å². The number of rotatable bonds is 58. The number of hydrogen-bond donors (Lipinski definition) is 0. The molecular formula is C67H120O6. The van der Waals surface area contributed by atoms with Gasteiger partial charge in [-0.1, -0.05) is 268 Å². The highest BCUT2D eigenvalue weighted by Gasteiger charge is 2.19. The van der Waals surface area contributed by atoms with Gasteiger partial charge in [-0.3, -0.25) is 14.4 Å². The highest BCUT2D eigenvalue weighted by atomic mass is 16.6. The van der Waals surface area contributed by atoms with E-state index in [0.29, 0.717) is 19.3 Å². The van der Waals surface area contributed by atoms with Crippen LogP contribution in [0.2, 0.25) is 0 Å². The molecule has 0 N–H and O–H groups in total. The molecule has 6 heteroatoms. The van der Waals surface area contributed by atoms with Crippen LogP contribution in [0.3, 0.4) is 0 Å². The lowest BCUT2D eigenvalue weighted by atomic mass is 10.0. The third-order valence-corrected chi connectivity index (χ3v) is 14.0. The van der Waals surface area contributed by atoms with Gasteiger partial charge in [-0.05, 0) is 103 Å². The number of unbranched alkanes of at least 4 members (excludes halogenated alkanes) is 37. The fraction of sp³-hybridized carbons (Fsp3) is 0.806. The lowest BCUT2D eigenvalue weighted by molar-refractivity contribution is -0.167. The Balaban J connectivity index is 4.33. The molecule has 0 rings (SSSR count). The number of hydrogen-bond acceptors (Lipinski definition) is 6. The largest absolute Gasteiger partial charge is 0.462 e. The minimum atomic E-state index is -0.784. The van der Waals surface area contributed by atoms with Gasteiger partial charge in [-0.2, -0.15) is 0 Å². The minimum absolute atomic E-state index is 0.0802. The maximum atomic E-state index is 12.9. The van der Waals surface area contributed by atoms with Gasteiger partial charge in [0.2, 0.25) is 0 Å². The zero-order valence-corrected chi connectivity index (χ0v) is 48.7. The molecule has 0 aromatic rings. The first-order valence-corrected chi connectivity index (χ1v) is 31.8. The van der Waals surface area contributed by atoms with E-state index in [1.165, 1.54) is 193 Å². The lowest BCUT2D eigenvalue weighted by Gasteiger charge is -2.18. The van der Waals surface area contributed by atoms with Crippen molar-refractivity contribution in [2.45, 2.75) is 335 Å². The minimum Gasteiger partial charge on any atom is -0.462 e. The van der Waals surface area contributed by atoms with Crippen LogP contribution in [-0.4, -0.2) is 37.2 Å². The molecule has 0 aliphatic carbocycles. The Labute approximate surface area is 453 Å². The molecule has 73 heavy (non-hydrogen) atoms. The fourth-order valence-electron chi connectivity index (χ4n) is 9.21. The third-order valence-electron chi connectivity index (χ3n) is 14.0. The molecule has 424 valence electrons. The molecule has 6 nitrogen and oxygen atoms in total. The first kappa shape index (κ1) is 70.1. The molecule has 0 amide bonds. The number of allylic oxidation sites excluding steroid dienone is 10. The van der Waals surface area contributed by atoms with Gasteiger partial charge in [0.1, 0.15) is 13.2 Å². The maximum absolute atomic E-state index is 12.9. The van der Waals surface area contributed by atoms with Crippen LogP contribution < -0.4 is 0 Å². The molecule has 0 aromatic carbocycles. The predicted octanol–water partition coefficient (Wildman–Crippen LogP) is 21.6. The van der Waals surface area contributed by atoms with Crippen molar-refractivity contribution in [3.05, 3.63) is 60.8 Å². The second kappa shape index (κ2) is 61.7. The Kier molecular flexibility index (Phi) is 59.2. The molecule has 0 saturated carbocycles. The van der Waals surface area contributed by atoms with Crippen molar-refractivity contribution < 1.29 is 28.6 Å². The number of carbonyl (C=O) groups excluding carboxylic acids is 3. The summed E-state index contributed by atoms with van der Waals surface area (Å²) < 4.78 is 16.9. The summed E-state index contributed by atoms with van der Waals surface area (Å²) in [4.78, 5) is 38.3. The van der Waals surface area contributed by atoms with Gasteiger partial charge in [0.05, 0.1) is 0 Å². The first-order valence-electron chi connectivity index (χ1n) is 31.8. The summed E-state index contributed by atoms with van der Waals surface area (Å²) in [7, 11) is 0. The van der Waals surface area contributed by atoms with Gasteiger partial charge in [0.15, 0.2) is 6.10 Å². The van der Waals surface area contributed by atoms with Gasteiger partial charge >= 0.3 is 17.9 Å². The molecule has 0 aromatic heterocycles. The van der Waals surface area contributed by atoms with E-state index >= 15 is 0 Å². The topological polar surface area (TPSA) is 78.9 Å². The third kappa shape index (κ3) is 59.9. The summed E-state index contributed by atoms with van der Waals surface area (Å²) in [5, 5.41) is 0. The summed E-state index contributed by atoms with van der Waals surface area (Å²) in [5.74, 6) is -0.887. The molecule has 0 aliphatic rings. The quantitative estimate of drug-likeness (QED) is 0.0261. The van der Waals surface area contributed by atoms with Crippen molar-refractivity contribution >= 4 is 17.9 Å². The van der Waals surface area contributed by atoms with E-state index in [1.54, 1.807) is 0 Å². The summed E-state index contributed by atoms with van der Waals surface area (Å²) >= 11 is 0. The molecule has 1 unspecified atom stereocenters.